The smallest absolute Gasteiger partial charge is 0.164 e. The minimum Gasteiger partial charge on any atom is -0.455 e. The Balaban J connectivity index is 0.972. The monoisotopic (exact) mass is 783 g/mol. The number of hydrogen-bond donors (Lipinski definition) is 0. The number of fused-ring (bicyclic) bond motifs is 8. The number of aromatic nitrogens is 3. The zero-order chi connectivity index (χ0) is 39.6. The maximum Gasteiger partial charge on any atom is 0.164 e. The molecular weight excluding hydrogens is 751 g/mol. The van der Waals surface area contributed by atoms with Crippen LogP contribution in [0.25, 0.3) is 120 Å². The molecule has 12 aromatic rings. The van der Waals surface area contributed by atoms with Crippen molar-refractivity contribution in [3.8, 4) is 67.5 Å². The van der Waals surface area contributed by atoms with Gasteiger partial charge in [-0.2, -0.15) is 0 Å². The summed E-state index contributed by atoms with van der Waals surface area (Å²) in [5.74, 6) is 1.93. The predicted octanol–water partition coefficient (Wildman–Crippen LogP) is 15.3. The van der Waals surface area contributed by atoms with Crippen LogP contribution in [0.15, 0.2) is 205 Å². The summed E-state index contributed by atoms with van der Waals surface area (Å²) in [7, 11) is 0. The first-order valence-electron chi connectivity index (χ1n) is 20.1. The topological polar surface area (TPSA) is 51.8 Å². The zero-order valence-corrected chi connectivity index (χ0v) is 33.0. The summed E-state index contributed by atoms with van der Waals surface area (Å²) in [5, 5.41) is 7.10. The van der Waals surface area contributed by atoms with Crippen molar-refractivity contribution in [3.63, 3.8) is 0 Å². The molecule has 3 heterocycles. The number of hydrogen-bond acceptors (Lipinski definition) is 5. The van der Waals surface area contributed by atoms with Crippen molar-refractivity contribution in [2.75, 3.05) is 0 Å². The van der Waals surface area contributed by atoms with Crippen molar-refractivity contribution < 1.29 is 4.42 Å². The third-order valence-corrected chi connectivity index (χ3v) is 12.8. The van der Waals surface area contributed by atoms with Gasteiger partial charge in [-0.05, 0) is 57.5 Å². The van der Waals surface area contributed by atoms with Crippen LogP contribution in [-0.2, 0) is 0 Å². The van der Waals surface area contributed by atoms with Crippen molar-refractivity contribution in [1.82, 2.24) is 15.0 Å². The largest absolute Gasteiger partial charge is 0.455 e. The molecule has 0 spiro atoms. The molecule has 0 aliphatic carbocycles. The van der Waals surface area contributed by atoms with Gasteiger partial charge in [-0.1, -0.05) is 176 Å². The summed E-state index contributed by atoms with van der Waals surface area (Å²) in [6.07, 6.45) is 0. The molecule has 5 heteroatoms. The van der Waals surface area contributed by atoms with E-state index in [1.165, 1.54) is 36.9 Å². The minimum absolute atomic E-state index is 0.637. The number of furan rings is 1. The Hall–Kier alpha value is -7.73. The molecule has 0 aliphatic rings. The van der Waals surface area contributed by atoms with Crippen LogP contribution in [0, 0.1) is 0 Å². The van der Waals surface area contributed by atoms with Gasteiger partial charge in [0.25, 0.3) is 0 Å². The Bertz CT molecular complexity index is 3530. The van der Waals surface area contributed by atoms with E-state index < -0.39 is 0 Å². The van der Waals surface area contributed by atoms with Crippen molar-refractivity contribution in [2.45, 2.75) is 0 Å². The van der Waals surface area contributed by atoms with Gasteiger partial charge in [0.05, 0.1) is 0 Å². The quantitative estimate of drug-likeness (QED) is 0.169. The molecule has 0 amide bonds. The van der Waals surface area contributed by atoms with Crippen LogP contribution < -0.4 is 0 Å². The molecule has 0 aliphatic heterocycles. The highest BCUT2D eigenvalue weighted by Crippen LogP contribution is 2.46. The predicted molar refractivity (Wildman–Crippen MR) is 250 cm³/mol. The highest BCUT2D eigenvalue weighted by Gasteiger charge is 2.20. The van der Waals surface area contributed by atoms with Crippen molar-refractivity contribution >= 4 is 64.2 Å². The van der Waals surface area contributed by atoms with Gasteiger partial charge in [-0.3, -0.25) is 0 Å². The Morgan fingerprint density at radius 1 is 0.333 bits per heavy atom. The molecule has 0 saturated heterocycles. The van der Waals surface area contributed by atoms with Crippen LogP contribution in [0.2, 0.25) is 0 Å². The van der Waals surface area contributed by atoms with E-state index in [1.54, 1.807) is 0 Å². The summed E-state index contributed by atoms with van der Waals surface area (Å²) < 4.78 is 9.38. The van der Waals surface area contributed by atoms with Crippen molar-refractivity contribution in [2.24, 2.45) is 0 Å². The van der Waals surface area contributed by atoms with Gasteiger partial charge in [-0.25, -0.2) is 15.0 Å². The lowest BCUT2D eigenvalue weighted by molar-refractivity contribution is 0.673. The van der Waals surface area contributed by atoms with E-state index in [0.29, 0.717) is 17.5 Å². The van der Waals surface area contributed by atoms with E-state index in [-0.39, 0.29) is 0 Å². The fourth-order valence-electron chi connectivity index (χ4n) is 8.69. The standard InChI is InChI=1S/C55H33N3OS/c1-3-14-35(15-4-1)53-56-54(36-16-5-2-6-17-36)58-55(57-53)37-30-28-34(29-31-37)38-18-11-19-39(32-38)46-33-47-50-42(23-13-26-48(50)59-51(47)43-22-8-7-20-40(43)46)45-25-12-24-44-41-21-9-10-27-49(41)60-52(44)45/h1-33H. The zero-order valence-electron chi connectivity index (χ0n) is 32.2. The van der Waals surface area contributed by atoms with Crippen LogP contribution in [0.3, 0.4) is 0 Å². The summed E-state index contributed by atoms with van der Waals surface area (Å²) in [5.41, 5.74) is 11.6. The van der Waals surface area contributed by atoms with Crippen molar-refractivity contribution in [3.05, 3.63) is 200 Å². The Morgan fingerprint density at radius 3 is 1.60 bits per heavy atom. The van der Waals surface area contributed by atoms with Gasteiger partial charge >= 0.3 is 0 Å². The third-order valence-electron chi connectivity index (χ3n) is 11.5. The van der Waals surface area contributed by atoms with Gasteiger partial charge in [0, 0.05) is 58.6 Å². The first-order chi connectivity index (χ1) is 29.7. The highest BCUT2D eigenvalue weighted by atomic mass is 32.1. The molecule has 9 aromatic carbocycles. The third kappa shape index (κ3) is 5.70. The molecule has 0 radical (unpaired) electrons. The summed E-state index contributed by atoms with van der Waals surface area (Å²) >= 11 is 1.86. The second-order valence-electron chi connectivity index (χ2n) is 15.1. The highest BCUT2D eigenvalue weighted by molar-refractivity contribution is 7.26. The van der Waals surface area contributed by atoms with Gasteiger partial charge < -0.3 is 4.42 Å². The molecule has 0 N–H and O–H groups in total. The van der Waals surface area contributed by atoms with Crippen LogP contribution in [-0.4, -0.2) is 15.0 Å². The summed E-state index contributed by atoms with van der Waals surface area (Å²) in [6.45, 7) is 0. The molecule has 0 saturated carbocycles. The van der Waals surface area contributed by atoms with E-state index in [4.69, 9.17) is 19.4 Å². The van der Waals surface area contributed by atoms with Crippen LogP contribution in [0.1, 0.15) is 0 Å². The summed E-state index contributed by atoms with van der Waals surface area (Å²) in [6, 6.07) is 70.4. The van der Waals surface area contributed by atoms with Crippen LogP contribution in [0.5, 0.6) is 0 Å². The normalized spacial score (nSPS) is 11.7. The lowest BCUT2D eigenvalue weighted by Crippen LogP contribution is -2.00. The van der Waals surface area contributed by atoms with Crippen LogP contribution >= 0.6 is 11.3 Å². The lowest BCUT2D eigenvalue weighted by Gasteiger charge is -2.12. The number of benzene rings is 9. The fraction of sp³-hybridized carbons (Fsp3) is 0. The maximum atomic E-state index is 6.78. The number of thiophene rings is 1. The van der Waals surface area contributed by atoms with E-state index in [2.05, 4.69) is 140 Å². The molecule has 0 fully saturated rings. The molecule has 4 nitrogen and oxygen atoms in total. The molecule has 280 valence electrons. The van der Waals surface area contributed by atoms with Gasteiger partial charge in [0.1, 0.15) is 11.2 Å². The minimum atomic E-state index is 0.637. The van der Waals surface area contributed by atoms with Gasteiger partial charge in [0.15, 0.2) is 17.5 Å². The van der Waals surface area contributed by atoms with Crippen molar-refractivity contribution in [1.29, 1.82) is 0 Å². The van der Waals surface area contributed by atoms with E-state index in [9.17, 15) is 0 Å². The summed E-state index contributed by atoms with van der Waals surface area (Å²) in [4.78, 5) is 14.8. The molecule has 3 aromatic heterocycles. The molecule has 0 bridgehead atoms. The molecule has 0 atom stereocenters. The second-order valence-corrected chi connectivity index (χ2v) is 16.2. The second kappa shape index (κ2) is 14.0. The lowest BCUT2D eigenvalue weighted by atomic mass is 9.92. The molecular formula is C55H33N3OS. The van der Waals surface area contributed by atoms with E-state index >= 15 is 0 Å². The molecule has 60 heavy (non-hydrogen) atoms. The number of rotatable bonds is 6. The SMILES string of the molecule is c1ccc(-c2nc(-c3ccccc3)nc(-c3ccc(-c4cccc(-c5cc6c(oc7cccc(-c8cccc9c8sc8ccccc89)c76)c6ccccc56)c4)cc3)n2)cc1. The fourth-order valence-corrected chi connectivity index (χ4v) is 9.92. The first-order valence-corrected chi connectivity index (χ1v) is 20.9. The van der Waals surface area contributed by atoms with E-state index in [0.717, 1.165) is 66.1 Å². The first kappa shape index (κ1) is 34.3. The van der Waals surface area contributed by atoms with Crippen LogP contribution in [0.4, 0.5) is 0 Å². The molecule has 0 unspecified atom stereocenters. The van der Waals surface area contributed by atoms with E-state index in [1.807, 2.05) is 72.0 Å². The number of nitrogens with zero attached hydrogens (tertiary/aromatic N) is 3. The Labute approximate surface area is 349 Å². The molecule has 12 rings (SSSR count). The van der Waals surface area contributed by atoms with Gasteiger partial charge in [-0.15, -0.1) is 11.3 Å². The van der Waals surface area contributed by atoms with Gasteiger partial charge in [0.2, 0.25) is 0 Å². The maximum absolute atomic E-state index is 6.78. The Kier molecular flexibility index (Phi) is 8.00. The Morgan fingerprint density at radius 2 is 0.867 bits per heavy atom. The average Bonchev–Trinajstić information content (AvgIpc) is 3.91. The average molecular weight is 784 g/mol.